The molecule has 2 amide bonds. The Kier molecular flexibility index (Phi) is 25.6. The number of nitrogens with one attached hydrogen (secondary N) is 3. The van der Waals surface area contributed by atoms with Crippen LogP contribution in [0.2, 0.25) is 0 Å². The minimum Gasteiger partial charge on any atom is -0.478 e. The number of ether oxygens (including phenoxy) is 5. The molecule has 18 nitrogen and oxygen atoms in total. The van der Waals surface area contributed by atoms with E-state index in [2.05, 4.69) is 62.0 Å². The second-order valence-electron chi connectivity index (χ2n) is 19.3. The van der Waals surface area contributed by atoms with Crippen LogP contribution < -0.4 is 21.7 Å². The fourth-order valence-electron chi connectivity index (χ4n) is 7.09. The van der Waals surface area contributed by atoms with Crippen LogP contribution in [0.5, 0.6) is 0 Å². The van der Waals surface area contributed by atoms with Crippen molar-refractivity contribution in [1.29, 1.82) is 0 Å². The molecule has 3 saturated heterocycles. The van der Waals surface area contributed by atoms with E-state index in [9.17, 15) is 46.3 Å². The predicted octanol–water partition coefficient (Wildman–Crippen LogP) is 10.0. The lowest BCUT2D eigenvalue weighted by molar-refractivity contribution is 0.0282. The third kappa shape index (κ3) is 22.6. The number of nitrogens with zero attached hydrogens (tertiary/aromatic N) is 2. The number of benzene rings is 4. The molecule has 3 atom stereocenters. The van der Waals surface area contributed by atoms with Crippen molar-refractivity contribution in [1.82, 2.24) is 15.1 Å². The minimum absolute atomic E-state index is 0.00785. The maximum Gasteiger partial charge on any atom is 0.410 e. The number of hydrogen-bond donors (Lipinski definition) is 5. The summed E-state index contributed by atoms with van der Waals surface area (Å²) in [4.78, 5) is 70.9. The zero-order valence-electron chi connectivity index (χ0n) is 44.2. The highest BCUT2D eigenvalue weighted by Crippen LogP contribution is 2.23. The monoisotopic (exact) mass is 1210 g/mol. The van der Waals surface area contributed by atoms with Crippen LogP contribution in [0.25, 0.3) is 0 Å². The number of halogens is 6. The van der Waals surface area contributed by atoms with Gasteiger partial charge in [0.15, 0.2) is 0 Å². The zero-order valence-corrected chi connectivity index (χ0v) is 47.4. The summed E-state index contributed by atoms with van der Waals surface area (Å²) in [5, 5.41) is 18.1. The summed E-state index contributed by atoms with van der Waals surface area (Å²) < 4.78 is 77.7. The molecule has 4 aromatic rings. The molecule has 0 bridgehead atoms. The molecule has 0 aliphatic carbocycles. The van der Waals surface area contributed by atoms with Crippen molar-refractivity contribution >= 4 is 79.3 Å². The van der Waals surface area contributed by atoms with E-state index in [1.54, 1.807) is 21.9 Å². The van der Waals surface area contributed by atoms with Crippen molar-refractivity contribution in [3.8, 4) is 0 Å². The molecule has 0 saturated carbocycles. The third-order valence-electron chi connectivity index (χ3n) is 10.8. The summed E-state index contributed by atoms with van der Waals surface area (Å²) >= 11 is 6.15. The highest BCUT2D eigenvalue weighted by atomic mass is 79.9. The van der Waals surface area contributed by atoms with Crippen molar-refractivity contribution in [2.45, 2.75) is 90.1 Å². The van der Waals surface area contributed by atoms with Gasteiger partial charge in [-0.15, -0.1) is 0 Å². The van der Waals surface area contributed by atoms with Crippen molar-refractivity contribution in [3.63, 3.8) is 0 Å². The molecule has 3 fully saturated rings. The fraction of sp³-hybridized carbons (Fsp3) is 0.434. The van der Waals surface area contributed by atoms with Crippen LogP contribution in [-0.4, -0.2) is 141 Å². The van der Waals surface area contributed by atoms with Gasteiger partial charge in [-0.3, -0.25) is 0 Å². The molecule has 4 aromatic carbocycles. The molecule has 3 heterocycles. The standard InChI is InChI=1S/C17H23FN2O4.C12H15FN2O2.C9H18N2O2.C8H6BrFO2.C7H4BrFO2/c1-17(2,3)24-16(22)20-8-7-12(10-20)19-11-5-6-14(18)13(9-11)15(21)23-4;1-17-12(16)10-6-8(2-3-11(10)13)15-9-4-5-14-7-9;1-9(2,3)13-8(12)11-5-4-7(10)6-11;1-12-8(11)6-4-5(9)2-3-7(6)10;8-4-1-2-6(9)5(3-4)7(10)11/h5-6,9,12,19H,7-8,10H2,1-4H3;2-3,6,9,14-15H,4-5,7H2,1H3;7H,4-6,10H2,1-3H3;2-4H,1H3;1-3H,(H,10,11)/t12-;9-;7-;;/m111../s1. The van der Waals surface area contributed by atoms with Gasteiger partial charge in [0.25, 0.3) is 0 Å². The average molecular weight is 1210 g/mol. The van der Waals surface area contributed by atoms with E-state index >= 15 is 0 Å². The fourth-order valence-corrected chi connectivity index (χ4v) is 7.81. The van der Waals surface area contributed by atoms with Crippen LogP contribution in [0.4, 0.5) is 38.5 Å². The van der Waals surface area contributed by atoms with E-state index in [1.165, 1.54) is 75.9 Å². The number of carbonyl (C=O) groups is 6. The first-order chi connectivity index (χ1) is 36.0. The normalized spacial score (nSPS) is 16.5. The number of carboxylic acid groups (broad SMARTS) is 1. The number of amides is 2. The second-order valence-corrected chi connectivity index (χ2v) is 21.1. The third-order valence-corrected chi connectivity index (χ3v) is 11.7. The van der Waals surface area contributed by atoms with Crippen molar-refractivity contribution in [2.75, 3.05) is 71.2 Å². The Morgan fingerprint density at radius 3 is 1.35 bits per heavy atom. The molecule has 0 unspecified atom stereocenters. The maximum absolute atomic E-state index is 13.6. The maximum atomic E-state index is 13.6. The van der Waals surface area contributed by atoms with E-state index in [-0.39, 0.29) is 46.5 Å². The van der Waals surface area contributed by atoms with Gasteiger partial charge in [0.1, 0.15) is 34.5 Å². The molecule has 77 heavy (non-hydrogen) atoms. The lowest BCUT2D eigenvalue weighted by Crippen LogP contribution is -2.36. The van der Waals surface area contributed by atoms with Crippen LogP contribution in [0.15, 0.2) is 81.7 Å². The molecular weight excluding hydrogens is 1150 g/mol. The second kappa shape index (κ2) is 30.4. The first kappa shape index (κ1) is 64.8. The summed E-state index contributed by atoms with van der Waals surface area (Å²) in [6.45, 7) is 15.3. The quantitative estimate of drug-likeness (QED) is 0.0627. The molecular formula is C53H66Br2F4N6O12. The van der Waals surface area contributed by atoms with Crippen LogP contribution in [-0.2, 0) is 23.7 Å². The highest BCUT2D eigenvalue weighted by molar-refractivity contribution is 9.10. The number of methoxy groups -OCH3 is 3. The topological polar surface area (TPSA) is 237 Å². The van der Waals surface area contributed by atoms with Gasteiger partial charge in [-0.1, -0.05) is 31.9 Å². The SMILES string of the molecule is CC(C)(C)OC(=O)N1CC[C@@H](N)C1.COC(=O)c1cc(Br)ccc1F.COC(=O)c1cc(N[C@@H]2CCN(C(=O)OC(C)(C)C)C2)ccc1F.COC(=O)c1cc(N[C@@H]2CCNC2)ccc1F.O=C(O)c1cc(Br)ccc1F. The van der Waals surface area contributed by atoms with Gasteiger partial charge >= 0.3 is 36.1 Å². The molecule has 0 spiro atoms. The number of esters is 3. The first-order valence-electron chi connectivity index (χ1n) is 24.0. The van der Waals surface area contributed by atoms with Gasteiger partial charge in [-0.25, -0.2) is 46.3 Å². The van der Waals surface area contributed by atoms with E-state index in [0.29, 0.717) is 40.3 Å². The zero-order chi connectivity index (χ0) is 57.8. The van der Waals surface area contributed by atoms with Crippen molar-refractivity contribution in [2.24, 2.45) is 5.73 Å². The lowest BCUT2D eigenvalue weighted by Gasteiger charge is -2.24. The summed E-state index contributed by atoms with van der Waals surface area (Å²) in [6, 6.07) is 16.9. The number of nitrogens with two attached hydrogens (primary N) is 1. The molecule has 6 N–H and O–H groups in total. The molecule has 7 rings (SSSR count). The first-order valence-corrected chi connectivity index (χ1v) is 25.6. The minimum atomic E-state index is -1.26. The van der Waals surface area contributed by atoms with E-state index < -0.39 is 58.3 Å². The number of carboxylic acids is 1. The molecule has 0 radical (unpaired) electrons. The molecule has 24 heteroatoms. The van der Waals surface area contributed by atoms with Crippen LogP contribution in [0.3, 0.4) is 0 Å². The van der Waals surface area contributed by atoms with E-state index in [1.807, 2.05) is 41.5 Å². The van der Waals surface area contributed by atoms with E-state index in [4.69, 9.17) is 20.3 Å². The largest absolute Gasteiger partial charge is 0.478 e. The molecule has 3 aliphatic rings. The number of hydrogen-bond acceptors (Lipinski definition) is 15. The summed E-state index contributed by atoms with van der Waals surface area (Å²) in [6.07, 6.45) is 2.04. The number of likely N-dealkylation sites (tertiary alicyclic amines) is 2. The molecule has 422 valence electrons. The van der Waals surface area contributed by atoms with Crippen LogP contribution >= 0.6 is 31.9 Å². The van der Waals surface area contributed by atoms with Crippen LogP contribution in [0.1, 0.15) is 102 Å². The Morgan fingerprint density at radius 1 is 0.584 bits per heavy atom. The van der Waals surface area contributed by atoms with E-state index in [0.717, 1.165) is 50.7 Å². The number of rotatable bonds is 8. The number of carbonyl (C=O) groups excluding carboxylic acids is 5. The smallest absolute Gasteiger partial charge is 0.410 e. The Labute approximate surface area is 461 Å². The van der Waals surface area contributed by atoms with Crippen LogP contribution in [0, 0.1) is 23.3 Å². The lowest BCUT2D eigenvalue weighted by atomic mass is 10.1. The predicted molar refractivity (Wildman–Crippen MR) is 287 cm³/mol. The summed E-state index contributed by atoms with van der Waals surface area (Å²) in [7, 11) is 3.66. The Bertz CT molecular complexity index is 2670. The number of anilines is 2. The molecule has 0 aromatic heterocycles. The Balaban J connectivity index is 0.000000262. The highest BCUT2D eigenvalue weighted by Gasteiger charge is 2.31. The van der Waals surface area contributed by atoms with Gasteiger partial charge in [-0.05, 0) is 140 Å². The summed E-state index contributed by atoms with van der Waals surface area (Å²) in [5.41, 5.74) is 5.53. The van der Waals surface area contributed by atoms with Gasteiger partial charge < -0.3 is 60.3 Å². The average Bonchev–Trinajstić information content (AvgIpc) is 4.17. The van der Waals surface area contributed by atoms with Gasteiger partial charge in [0.2, 0.25) is 0 Å². The number of aromatic carboxylic acids is 1. The van der Waals surface area contributed by atoms with Crippen molar-refractivity contribution in [3.05, 3.63) is 127 Å². The van der Waals surface area contributed by atoms with Crippen molar-refractivity contribution < 1.29 is 75.1 Å². The summed E-state index contributed by atoms with van der Waals surface area (Å²) in [5.74, 6) is -5.81. The molecule has 3 aliphatic heterocycles. The Hall–Kier alpha value is -6.50. The van der Waals surface area contributed by atoms with Gasteiger partial charge in [0.05, 0.1) is 43.6 Å². The Morgan fingerprint density at radius 2 is 0.974 bits per heavy atom. The van der Waals surface area contributed by atoms with Gasteiger partial charge in [0, 0.05) is 71.2 Å². The van der Waals surface area contributed by atoms with Gasteiger partial charge in [-0.2, -0.15) is 0 Å².